The number of halogens is 1. The molecule has 3 amide bonds. The van der Waals surface area contributed by atoms with Crippen molar-refractivity contribution in [3.63, 3.8) is 0 Å². The number of rotatable bonds is 12. The summed E-state index contributed by atoms with van der Waals surface area (Å²) < 4.78 is 5.59. The molecule has 12 heteroatoms. The van der Waals surface area contributed by atoms with Crippen LogP contribution in [-0.2, 0) is 14.4 Å². The number of nitro groups is 1. The van der Waals surface area contributed by atoms with Crippen molar-refractivity contribution in [2.24, 2.45) is 5.73 Å². The van der Waals surface area contributed by atoms with Crippen molar-refractivity contribution >= 4 is 46.1 Å². The van der Waals surface area contributed by atoms with Gasteiger partial charge in [-0.05, 0) is 69.5 Å². The predicted molar refractivity (Wildman–Crippen MR) is 144 cm³/mol. The average molecular weight is 578 g/mol. The lowest BCUT2D eigenvalue weighted by Crippen LogP contribution is -2.56. The van der Waals surface area contributed by atoms with E-state index in [0.29, 0.717) is 43.8 Å². The molecule has 0 radical (unpaired) electrons. The van der Waals surface area contributed by atoms with Crippen LogP contribution >= 0.6 is 17.0 Å². The number of carbonyl (C=O) groups is 3. The second-order valence-electron chi connectivity index (χ2n) is 8.45. The Balaban J connectivity index is 0.00000481. The summed E-state index contributed by atoms with van der Waals surface area (Å²) in [4.78, 5) is 51.6. The van der Waals surface area contributed by atoms with Crippen molar-refractivity contribution in [1.29, 1.82) is 0 Å². The molecule has 0 aliphatic carbocycles. The second kappa shape index (κ2) is 15.0. The Morgan fingerprint density at radius 3 is 2.43 bits per heavy atom. The van der Waals surface area contributed by atoms with Gasteiger partial charge >= 0.3 is 0 Å². The molecule has 0 spiro atoms. The Morgan fingerprint density at radius 1 is 1.14 bits per heavy atom. The quantitative estimate of drug-likeness (QED) is 0.197. The van der Waals surface area contributed by atoms with Crippen molar-refractivity contribution in [2.45, 2.75) is 44.2 Å². The number of imide groups is 1. The molecule has 1 fully saturated rings. The van der Waals surface area contributed by atoms with Gasteiger partial charge in [0, 0.05) is 17.8 Å². The molecule has 2 aromatic rings. The summed E-state index contributed by atoms with van der Waals surface area (Å²) in [6.07, 6.45) is 2.68. The predicted octanol–water partition coefficient (Wildman–Crippen LogP) is 2.80. The van der Waals surface area contributed by atoms with Crippen LogP contribution in [0, 0.1) is 10.1 Å². The van der Waals surface area contributed by atoms with E-state index in [9.17, 15) is 24.5 Å². The van der Waals surface area contributed by atoms with Gasteiger partial charge in [0.25, 0.3) is 11.6 Å². The van der Waals surface area contributed by atoms with Crippen LogP contribution in [0.2, 0.25) is 0 Å². The number of hydrogen-bond acceptors (Lipinski definition) is 8. The lowest BCUT2D eigenvalue weighted by Gasteiger charge is -2.31. The molecule has 0 bridgehead atoms. The van der Waals surface area contributed by atoms with Crippen LogP contribution in [0.3, 0.4) is 0 Å². The molecule has 0 saturated carbocycles. The number of amides is 3. The van der Waals surface area contributed by atoms with Gasteiger partial charge in [-0.3, -0.25) is 29.4 Å². The number of anilines is 1. The molecule has 0 unspecified atom stereocenters. The van der Waals surface area contributed by atoms with Crippen LogP contribution in [0.1, 0.15) is 32.1 Å². The maximum atomic E-state index is 13.5. The third-order valence-corrected chi connectivity index (χ3v) is 5.86. The number of carbonyl (C=O) groups excluding carboxylic acids is 3. The zero-order valence-corrected chi connectivity index (χ0v) is 22.1. The number of benzene rings is 2. The highest BCUT2D eigenvalue weighted by Crippen LogP contribution is 2.20. The Bertz CT molecular complexity index is 1050. The van der Waals surface area contributed by atoms with Gasteiger partial charge in [-0.15, -0.1) is 17.0 Å². The van der Waals surface area contributed by atoms with Crippen molar-refractivity contribution in [2.75, 3.05) is 25.0 Å². The van der Waals surface area contributed by atoms with E-state index in [1.807, 2.05) is 6.07 Å². The number of ether oxygens (including phenoxy) is 1. The third-order valence-electron chi connectivity index (χ3n) is 5.86. The monoisotopic (exact) mass is 577 g/mol. The summed E-state index contributed by atoms with van der Waals surface area (Å²) in [6, 6.07) is 12.4. The van der Waals surface area contributed by atoms with E-state index in [1.165, 1.54) is 24.3 Å². The molecule has 3 rings (SSSR count). The van der Waals surface area contributed by atoms with Gasteiger partial charge < -0.3 is 21.1 Å². The highest BCUT2D eigenvalue weighted by molar-refractivity contribution is 8.93. The number of nitrogens with zero attached hydrogens (tertiary/aromatic N) is 2. The first-order valence-electron chi connectivity index (χ1n) is 11.9. The third kappa shape index (κ3) is 8.62. The van der Waals surface area contributed by atoms with Gasteiger partial charge in [0.05, 0.1) is 11.0 Å². The molecule has 1 heterocycles. The minimum atomic E-state index is -1.10. The molecule has 2 atom stereocenters. The highest BCUT2D eigenvalue weighted by Gasteiger charge is 2.38. The molecule has 4 N–H and O–H groups in total. The summed E-state index contributed by atoms with van der Waals surface area (Å²) in [5, 5.41) is 16.7. The number of non-ortho nitro benzene ring substituents is 1. The SMILES string of the molecule is Br.NCCCC[C@@H](C(=O)Nc1ccc([N+](=O)[O-])cc1)N(C(=O)COc1ccccc1)C(=O)[C@@H]1CCCN1. The van der Waals surface area contributed by atoms with Gasteiger partial charge in [0.1, 0.15) is 11.8 Å². The van der Waals surface area contributed by atoms with Crippen molar-refractivity contribution in [3.8, 4) is 5.75 Å². The lowest BCUT2D eigenvalue weighted by atomic mass is 10.0. The van der Waals surface area contributed by atoms with E-state index in [2.05, 4.69) is 10.6 Å². The number of nitro benzene ring substituents is 1. The molecule has 11 nitrogen and oxygen atoms in total. The van der Waals surface area contributed by atoms with Gasteiger partial charge in [-0.1, -0.05) is 18.2 Å². The standard InChI is InChI=1S/C25H31N5O6.BrH/c26-15-5-4-10-22(24(32)28-18-11-13-19(14-12-18)30(34)35)29(25(33)21-9-6-16-27-21)23(31)17-36-20-7-2-1-3-8-20;/h1-3,7-8,11-14,21-22,27H,4-6,9-10,15-17,26H2,(H,28,32);1H/t21-,22-;/m0./s1. The van der Waals surface area contributed by atoms with E-state index in [-0.39, 0.29) is 29.1 Å². The molecule has 1 aliphatic heterocycles. The minimum absolute atomic E-state index is 0. The summed E-state index contributed by atoms with van der Waals surface area (Å²) in [5.74, 6) is -1.22. The molecule has 37 heavy (non-hydrogen) atoms. The van der Waals surface area contributed by atoms with Crippen LogP contribution in [-0.4, -0.2) is 59.3 Å². The smallest absolute Gasteiger partial charge is 0.269 e. The fourth-order valence-corrected chi connectivity index (χ4v) is 4.00. The zero-order valence-electron chi connectivity index (χ0n) is 20.3. The number of unbranched alkanes of at least 4 members (excludes halogenated alkanes) is 1. The van der Waals surface area contributed by atoms with Crippen LogP contribution < -0.4 is 21.1 Å². The average Bonchev–Trinajstić information content (AvgIpc) is 3.43. The Kier molecular flexibility index (Phi) is 12.1. The number of para-hydroxylation sites is 1. The first kappa shape index (κ1) is 29.9. The summed E-state index contributed by atoms with van der Waals surface area (Å²) in [6.45, 7) is 0.631. The van der Waals surface area contributed by atoms with E-state index in [0.717, 1.165) is 11.3 Å². The molecule has 1 aliphatic rings. The van der Waals surface area contributed by atoms with Gasteiger partial charge in [0.15, 0.2) is 6.61 Å². The molecule has 0 aromatic heterocycles. The van der Waals surface area contributed by atoms with Crippen LogP contribution in [0.15, 0.2) is 54.6 Å². The highest BCUT2D eigenvalue weighted by atomic mass is 79.9. The normalized spacial score (nSPS) is 15.2. The summed E-state index contributed by atoms with van der Waals surface area (Å²) in [7, 11) is 0. The Hall–Kier alpha value is -3.35. The van der Waals surface area contributed by atoms with E-state index < -0.39 is 41.3 Å². The maximum Gasteiger partial charge on any atom is 0.269 e. The molecule has 200 valence electrons. The Labute approximate surface area is 225 Å². The molecule has 2 aromatic carbocycles. The largest absolute Gasteiger partial charge is 0.484 e. The van der Waals surface area contributed by atoms with Gasteiger partial charge in [0.2, 0.25) is 11.8 Å². The first-order valence-corrected chi connectivity index (χ1v) is 11.9. The van der Waals surface area contributed by atoms with Crippen LogP contribution in [0.25, 0.3) is 0 Å². The molecular weight excluding hydrogens is 546 g/mol. The summed E-state index contributed by atoms with van der Waals surface area (Å²) in [5.41, 5.74) is 5.82. The zero-order chi connectivity index (χ0) is 25.9. The van der Waals surface area contributed by atoms with Crippen molar-refractivity contribution in [3.05, 3.63) is 64.7 Å². The van der Waals surface area contributed by atoms with Crippen LogP contribution in [0.5, 0.6) is 5.75 Å². The van der Waals surface area contributed by atoms with E-state index in [4.69, 9.17) is 10.5 Å². The van der Waals surface area contributed by atoms with Crippen molar-refractivity contribution in [1.82, 2.24) is 10.2 Å². The van der Waals surface area contributed by atoms with E-state index >= 15 is 0 Å². The minimum Gasteiger partial charge on any atom is -0.484 e. The van der Waals surface area contributed by atoms with Gasteiger partial charge in [-0.2, -0.15) is 0 Å². The molecule has 1 saturated heterocycles. The van der Waals surface area contributed by atoms with Gasteiger partial charge in [-0.25, -0.2) is 0 Å². The van der Waals surface area contributed by atoms with E-state index in [1.54, 1.807) is 24.3 Å². The Morgan fingerprint density at radius 2 is 1.84 bits per heavy atom. The number of hydrogen-bond donors (Lipinski definition) is 3. The fraction of sp³-hybridized carbons (Fsp3) is 0.400. The van der Waals surface area contributed by atoms with Crippen molar-refractivity contribution < 1.29 is 24.0 Å². The number of nitrogens with two attached hydrogens (primary N) is 1. The lowest BCUT2D eigenvalue weighted by molar-refractivity contribution is -0.384. The summed E-state index contributed by atoms with van der Waals surface area (Å²) >= 11 is 0. The first-order chi connectivity index (χ1) is 17.4. The number of nitrogens with one attached hydrogen (secondary N) is 2. The second-order valence-corrected chi connectivity index (χ2v) is 8.45. The fourth-order valence-electron chi connectivity index (χ4n) is 4.00. The molecular formula is C25H32BrN5O6. The topological polar surface area (TPSA) is 157 Å². The maximum absolute atomic E-state index is 13.5. The van der Waals surface area contributed by atoms with Crippen LogP contribution in [0.4, 0.5) is 11.4 Å².